The highest BCUT2D eigenvalue weighted by Gasteiger charge is 2.31. The molecule has 0 bridgehead atoms. The van der Waals surface area contributed by atoms with Crippen LogP contribution in [0.3, 0.4) is 0 Å². The average Bonchev–Trinajstić information content (AvgIpc) is 2.92. The maximum absolute atomic E-state index is 13.3. The van der Waals surface area contributed by atoms with Crippen molar-refractivity contribution in [1.82, 2.24) is 14.9 Å². The minimum atomic E-state index is -0.198. The number of ether oxygens (including phenoxy) is 3. The van der Waals surface area contributed by atoms with Crippen LogP contribution in [0.5, 0.6) is 11.5 Å². The minimum absolute atomic E-state index is 0.0834. The topological polar surface area (TPSA) is 89.0 Å². The van der Waals surface area contributed by atoms with Gasteiger partial charge in [-0.05, 0) is 26.0 Å². The fraction of sp³-hybridized carbons (Fsp3) is 0.393. The van der Waals surface area contributed by atoms with E-state index < -0.39 is 0 Å². The fourth-order valence-electron chi connectivity index (χ4n) is 4.99. The third kappa shape index (κ3) is 5.32. The Labute approximate surface area is 217 Å². The second-order valence-corrected chi connectivity index (χ2v) is 9.49. The van der Waals surface area contributed by atoms with Crippen LogP contribution in [-0.2, 0) is 17.7 Å². The first-order valence-corrected chi connectivity index (χ1v) is 12.6. The Morgan fingerprint density at radius 2 is 1.78 bits per heavy atom. The first kappa shape index (κ1) is 24.8. The number of nitrogens with zero attached hydrogens (tertiary/aromatic N) is 4. The molecule has 2 atom stereocenters. The summed E-state index contributed by atoms with van der Waals surface area (Å²) in [7, 11) is 3.16. The second-order valence-electron chi connectivity index (χ2n) is 9.49. The van der Waals surface area contributed by atoms with Crippen molar-refractivity contribution in [3.8, 4) is 22.9 Å². The number of hydrogen-bond acceptors (Lipinski definition) is 7. The number of carbonyl (C=O) groups excluding carboxylic acids is 1. The van der Waals surface area contributed by atoms with Gasteiger partial charge in [0, 0.05) is 43.2 Å². The van der Waals surface area contributed by atoms with Gasteiger partial charge in [0.1, 0.15) is 17.3 Å². The molecule has 0 radical (unpaired) electrons. The summed E-state index contributed by atoms with van der Waals surface area (Å²) in [6.45, 7) is 6.60. The summed E-state index contributed by atoms with van der Waals surface area (Å²) < 4.78 is 16.7. The van der Waals surface area contributed by atoms with Gasteiger partial charge in [0.2, 0.25) is 0 Å². The smallest absolute Gasteiger partial charge is 0.322 e. The molecule has 2 aromatic carbocycles. The molecule has 9 heteroatoms. The van der Waals surface area contributed by atoms with E-state index in [2.05, 4.69) is 24.1 Å². The van der Waals surface area contributed by atoms with E-state index >= 15 is 0 Å². The maximum atomic E-state index is 13.3. The lowest BCUT2D eigenvalue weighted by Crippen LogP contribution is -2.47. The Balaban J connectivity index is 1.45. The van der Waals surface area contributed by atoms with Gasteiger partial charge in [-0.1, -0.05) is 30.3 Å². The van der Waals surface area contributed by atoms with Crippen LogP contribution in [-0.4, -0.2) is 67.0 Å². The largest absolute Gasteiger partial charge is 0.497 e. The number of urea groups is 1. The normalized spacial score (nSPS) is 19.2. The number of carbonyl (C=O) groups is 1. The van der Waals surface area contributed by atoms with Crippen molar-refractivity contribution < 1.29 is 19.0 Å². The van der Waals surface area contributed by atoms with Crippen LogP contribution in [0.15, 0.2) is 48.5 Å². The van der Waals surface area contributed by atoms with E-state index in [1.807, 2.05) is 30.3 Å². The van der Waals surface area contributed by atoms with E-state index in [1.165, 1.54) is 0 Å². The highest BCUT2D eigenvalue weighted by molar-refractivity contribution is 5.91. The van der Waals surface area contributed by atoms with Gasteiger partial charge < -0.3 is 29.3 Å². The molecule has 1 N–H and O–H groups in total. The highest BCUT2D eigenvalue weighted by Crippen LogP contribution is 2.33. The molecule has 0 spiro atoms. The lowest BCUT2D eigenvalue weighted by Gasteiger charge is -2.39. The molecule has 5 rings (SSSR count). The number of fused-ring (bicyclic) bond motifs is 1. The molecule has 0 saturated carbocycles. The fourth-order valence-corrected chi connectivity index (χ4v) is 4.99. The molecule has 1 aromatic heterocycles. The van der Waals surface area contributed by atoms with Gasteiger partial charge in [0.25, 0.3) is 0 Å². The van der Waals surface area contributed by atoms with Gasteiger partial charge in [0.05, 0.1) is 44.4 Å². The van der Waals surface area contributed by atoms with E-state index in [0.717, 1.165) is 35.7 Å². The molecule has 0 aliphatic carbocycles. The predicted octanol–water partition coefficient (Wildman–Crippen LogP) is 4.36. The number of anilines is 2. The minimum Gasteiger partial charge on any atom is -0.497 e. The summed E-state index contributed by atoms with van der Waals surface area (Å²) in [6, 6.07) is 15.2. The first-order chi connectivity index (χ1) is 17.9. The number of amides is 2. The Hall–Kier alpha value is -3.85. The molecule has 3 aromatic rings. The molecule has 37 heavy (non-hydrogen) atoms. The Bertz CT molecular complexity index is 1260. The van der Waals surface area contributed by atoms with Crippen LogP contribution < -0.4 is 19.7 Å². The van der Waals surface area contributed by atoms with E-state index in [9.17, 15) is 4.79 Å². The number of morpholine rings is 1. The van der Waals surface area contributed by atoms with Gasteiger partial charge in [-0.3, -0.25) is 0 Å². The zero-order valence-electron chi connectivity index (χ0n) is 21.7. The lowest BCUT2D eigenvalue weighted by atomic mass is 10.0. The van der Waals surface area contributed by atoms with E-state index in [0.29, 0.717) is 42.5 Å². The van der Waals surface area contributed by atoms with E-state index in [-0.39, 0.29) is 18.2 Å². The van der Waals surface area contributed by atoms with Crippen molar-refractivity contribution in [2.75, 3.05) is 44.1 Å². The Kier molecular flexibility index (Phi) is 7.14. The van der Waals surface area contributed by atoms with E-state index in [1.54, 1.807) is 37.3 Å². The molecular formula is C28H33N5O4. The summed E-state index contributed by atoms with van der Waals surface area (Å²) in [5.74, 6) is 2.79. The number of hydrogen-bond donors (Lipinski definition) is 1. The highest BCUT2D eigenvalue weighted by atomic mass is 16.5. The van der Waals surface area contributed by atoms with Crippen LogP contribution in [0.4, 0.5) is 16.3 Å². The molecule has 2 aliphatic heterocycles. The second kappa shape index (κ2) is 10.6. The maximum Gasteiger partial charge on any atom is 0.322 e. The van der Waals surface area contributed by atoms with Crippen molar-refractivity contribution in [2.24, 2.45) is 0 Å². The summed E-state index contributed by atoms with van der Waals surface area (Å²) in [6.07, 6.45) is 0.813. The summed E-state index contributed by atoms with van der Waals surface area (Å²) >= 11 is 0. The van der Waals surface area contributed by atoms with Crippen molar-refractivity contribution >= 4 is 17.5 Å². The zero-order chi connectivity index (χ0) is 25.9. The van der Waals surface area contributed by atoms with Crippen molar-refractivity contribution in [3.05, 3.63) is 59.8 Å². The quantitative estimate of drug-likeness (QED) is 0.553. The van der Waals surface area contributed by atoms with Crippen LogP contribution >= 0.6 is 0 Å². The summed E-state index contributed by atoms with van der Waals surface area (Å²) in [5.41, 5.74) is 3.55. The van der Waals surface area contributed by atoms with Gasteiger partial charge in [-0.2, -0.15) is 0 Å². The first-order valence-electron chi connectivity index (χ1n) is 12.6. The monoisotopic (exact) mass is 503 g/mol. The van der Waals surface area contributed by atoms with Crippen LogP contribution in [0.1, 0.15) is 25.1 Å². The van der Waals surface area contributed by atoms with Gasteiger partial charge in [-0.15, -0.1) is 0 Å². The Morgan fingerprint density at radius 1 is 1.03 bits per heavy atom. The molecule has 3 heterocycles. The zero-order valence-corrected chi connectivity index (χ0v) is 21.7. The molecular weight excluding hydrogens is 470 g/mol. The van der Waals surface area contributed by atoms with Crippen LogP contribution in [0.2, 0.25) is 0 Å². The summed E-state index contributed by atoms with van der Waals surface area (Å²) in [5, 5.41) is 3.00. The number of rotatable bonds is 5. The van der Waals surface area contributed by atoms with Crippen LogP contribution in [0.25, 0.3) is 11.4 Å². The molecule has 9 nitrogen and oxygen atoms in total. The number of aromatic nitrogens is 2. The van der Waals surface area contributed by atoms with Crippen molar-refractivity contribution in [1.29, 1.82) is 0 Å². The third-order valence-corrected chi connectivity index (χ3v) is 6.73. The van der Waals surface area contributed by atoms with Crippen molar-refractivity contribution in [2.45, 2.75) is 39.0 Å². The van der Waals surface area contributed by atoms with Gasteiger partial charge >= 0.3 is 6.03 Å². The molecule has 2 unspecified atom stereocenters. The number of methoxy groups -OCH3 is 2. The predicted molar refractivity (Wildman–Crippen MR) is 142 cm³/mol. The molecule has 2 amide bonds. The SMILES string of the molecule is COc1ccc(NC(=O)N2CCc3nc(-c4ccccc4)nc(N4CC(C)OC(C)C4)c3C2)c(OC)c1. The average molecular weight is 504 g/mol. The molecule has 194 valence electrons. The number of benzene rings is 2. The van der Waals surface area contributed by atoms with Gasteiger partial charge in [-0.25, -0.2) is 14.8 Å². The Morgan fingerprint density at radius 3 is 2.49 bits per heavy atom. The lowest BCUT2D eigenvalue weighted by molar-refractivity contribution is -0.00556. The molecule has 1 saturated heterocycles. The van der Waals surface area contributed by atoms with Crippen LogP contribution in [0, 0.1) is 0 Å². The number of nitrogens with one attached hydrogen (secondary N) is 1. The molecule has 2 aliphatic rings. The third-order valence-electron chi connectivity index (χ3n) is 6.73. The van der Waals surface area contributed by atoms with E-state index in [4.69, 9.17) is 24.2 Å². The van der Waals surface area contributed by atoms with Crippen molar-refractivity contribution in [3.63, 3.8) is 0 Å². The van der Waals surface area contributed by atoms with Gasteiger partial charge in [0.15, 0.2) is 5.82 Å². The summed E-state index contributed by atoms with van der Waals surface area (Å²) in [4.78, 5) is 27.4. The standard InChI is InChI=1S/C28H33N5O4/c1-18-15-33(16-19(2)37-18)27-22-17-32(28(34)30-24-11-10-21(35-3)14-25(24)36-4)13-12-23(22)29-26(31-27)20-8-6-5-7-9-20/h5-11,14,18-19H,12-13,15-17H2,1-4H3,(H,30,34). The molecule has 1 fully saturated rings.